The largest absolute Gasteiger partial charge is 0.491 e. The predicted octanol–water partition coefficient (Wildman–Crippen LogP) is 1.47. The highest BCUT2D eigenvalue weighted by Crippen LogP contribution is 2.35. The Bertz CT molecular complexity index is 739. The van der Waals surface area contributed by atoms with Gasteiger partial charge in [0, 0.05) is 24.7 Å². The number of aliphatic hydroxyl groups is 1. The van der Waals surface area contributed by atoms with E-state index in [9.17, 15) is 9.90 Å². The molecule has 26 heavy (non-hydrogen) atoms. The smallest absolute Gasteiger partial charge is 0.251 e. The number of hydrogen-bond acceptors (Lipinski definition) is 6. The third-order valence-corrected chi connectivity index (χ3v) is 3.74. The van der Waals surface area contributed by atoms with Crippen LogP contribution in [0.15, 0.2) is 42.5 Å². The molecule has 1 aliphatic rings. The molecular weight excluding hydrogens is 360 g/mol. The van der Waals surface area contributed by atoms with Crippen molar-refractivity contribution in [3.05, 3.63) is 53.6 Å². The summed E-state index contributed by atoms with van der Waals surface area (Å²) in [6.45, 7) is 0.756. The lowest BCUT2D eigenvalue weighted by Crippen LogP contribution is -2.35. The van der Waals surface area contributed by atoms with Crippen molar-refractivity contribution in [3.63, 3.8) is 0 Å². The lowest BCUT2D eigenvalue weighted by molar-refractivity contribution is 0.0843. The van der Waals surface area contributed by atoms with E-state index in [4.69, 9.17) is 19.9 Å². The van der Waals surface area contributed by atoms with Crippen LogP contribution in [-0.4, -0.2) is 37.1 Å². The van der Waals surface area contributed by atoms with Gasteiger partial charge >= 0.3 is 0 Å². The molecule has 0 radical (unpaired) electrons. The van der Waals surface area contributed by atoms with Crippen molar-refractivity contribution in [3.8, 4) is 17.2 Å². The van der Waals surface area contributed by atoms with Crippen LogP contribution >= 0.6 is 12.4 Å². The third-order valence-electron chi connectivity index (χ3n) is 3.74. The van der Waals surface area contributed by atoms with Gasteiger partial charge in [-0.05, 0) is 29.8 Å². The highest BCUT2D eigenvalue weighted by atomic mass is 35.5. The second kappa shape index (κ2) is 9.28. The minimum atomic E-state index is -0.835. The van der Waals surface area contributed by atoms with Gasteiger partial charge in [0.2, 0.25) is 6.79 Å². The van der Waals surface area contributed by atoms with Crippen molar-refractivity contribution >= 4 is 18.3 Å². The van der Waals surface area contributed by atoms with E-state index in [-0.39, 0.29) is 38.3 Å². The summed E-state index contributed by atoms with van der Waals surface area (Å²) in [4.78, 5) is 12.0. The molecule has 1 amide bonds. The van der Waals surface area contributed by atoms with Crippen LogP contribution in [0.5, 0.6) is 17.2 Å². The summed E-state index contributed by atoms with van der Waals surface area (Å²) in [5.74, 6) is 1.58. The molecule has 0 fully saturated rings. The van der Waals surface area contributed by atoms with E-state index < -0.39 is 6.10 Å². The van der Waals surface area contributed by atoms with Crippen LogP contribution < -0.4 is 25.3 Å². The molecule has 0 aliphatic carbocycles. The van der Waals surface area contributed by atoms with Crippen molar-refractivity contribution in [1.82, 2.24) is 5.32 Å². The van der Waals surface area contributed by atoms with E-state index in [0.717, 1.165) is 5.56 Å². The van der Waals surface area contributed by atoms with Crippen molar-refractivity contribution in [2.24, 2.45) is 5.73 Å². The number of amides is 1. The number of benzene rings is 2. The zero-order chi connectivity index (χ0) is 17.6. The molecule has 2 aromatic carbocycles. The molecule has 0 aromatic heterocycles. The van der Waals surface area contributed by atoms with Gasteiger partial charge in [-0.2, -0.15) is 0 Å². The van der Waals surface area contributed by atoms with Crippen LogP contribution in [-0.2, 0) is 6.54 Å². The van der Waals surface area contributed by atoms with Crippen molar-refractivity contribution in [2.45, 2.75) is 12.6 Å². The Morgan fingerprint density at radius 2 is 1.92 bits per heavy atom. The number of hydrogen-bond donors (Lipinski definition) is 3. The Hall–Kier alpha value is -2.48. The summed E-state index contributed by atoms with van der Waals surface area (Å²) in [7, 11) is 0. The first kappa shape index (κ1) is 19.8. The van der Waals surface area contributed by atoms with Crippen LogP contribution in [0.25, 0.3) is 0 Å². The molecule has 0 saturated carbocycles. The maximum absolute atomic E-state index is 12.0. The molecule has 2 aromatic rings. The SMILES string of the molecule is Cl.NCc1ccc(C(=O)NCC(O)COc2ccc3c(c2)OCO3)cc1. The number of carbonyl (C=O) groups excluding carboxylic acids is 1. The first-order valence-electron chi connectivity index (χ1n) is 7.93. The summed E-state index contributed by atoms with van der Waals surface area (Å²) in [6, 6.07) is 12.2. The summed E-state index contributed by atoms with van der Waals surface area (Å²) >= 11 is 0. The summed E-state index contributed by atoms with van der Waals surface area (Å²) < 4.78 is 16.0. The number of nitrogens with two attached hydrogens (primary N) is 1. The lowest BCUT2D eigenvalue weighted by Gasteiger charge is -2.13. The van der Waals surface area contributed by atoms with Gasteiger partial charge in [0.05, 0.1) is 0 Å². The van der Waals surface area contributed by atoms with Gasteiger partial charge in [-0.25, -0.2) is 0 Å². The summed E-state index contributed by atoms with van der Waals surface area (Å²) in [6.07, 6.45) is -0.835. The second-order valence-corrected chi connectivity index (χ2v) is 5.59. The molecule has 7 nitrogen and oxygen atoms in total. The van der Waals surface area contributed by atoms with Crippen LogP contribution in [0.1, 0.15) is 15.9 Å². The highest BCUT2D eigenvalue weighted by Gasteiger charge is 2.15. The minimum absolute atomic E-state index is 0. The molecule has 1 unspecified atom stereocenters. The van der Waals surface area contributed by atoms with Crippen molar-refractivity contribution in [2.75, 3.05) is 19.9 Å². The molecular formula is C18H21ClN2O5. The van der Waals surface area contributed by atoms with Gasteiger partial charge in [0.25, 0.3) is 5.91 Å². The predicted molar refractivity (Wildman–Crippen MR) is 98.0 cm³/mol. The van der Waals surface area contributed by atoms with Crippen LogP contribution in [0.4, 0.5) is 0 Å². The van der Waals surface area contributed by atoms with Crippen LogP contribution in [0.3, 0.4) is 0 Å². The molecule has 8 heteroatoms. The first-order valence-corrected chi connectivity index (χ1v) is 7.93. The number of ether oxygens (including phenoxy) is 3. The van der Waals surface area contributed by atoms with Gasteiger partial charge in [-0.15, -0.1) is 12.4 Å². The Morgan fingerprint density at radius 1 is 1.19 bits per heavy atom. The van der Waals surface area contributed by atoms with Gasteiger partial charge in [-0.3, -0.25) is 4.79 Å². The zero-order valence-electron chi connectivity index (χ0n) is 14.0. The summed E-state index contributed by atoms with van der Waals surface area (Å²) in [5, 5.41) is 12.6. The van der Waals surface area contributed by atoms with E-state index >= 15 is 0 Å². The van der Waals surface area contributed by atoms with E-state index in [1.165, 1.54) is 0 Å². The molecule has 0 bridgehead atoms. The zero-order valence-corrected chi connectivity index (χ0v) is 14.8. The van der Waals surface area contributed by atoms with Gasteiger partial charge < -0.3 is 30.4 Å². The highest BCUT2D eigenvalue weighted by molar-refractivity contribution is 5.94. The van der Waals surface area contributed by atoms with E-state index in [0.29, 0.717) is 29.4 Å². The Balaban J connectivity index is 0.00000243. The number of nitrogens with one attached hydrogen (secondary N) is 1. The summed E-state index contributed by atoms with van der Waals surface area (Å²) in [5.41, 5.74) is 6.99. The molecule has 0 spiro atoms. The second-order valence-electron chi connectivity index (χ2n) is 5.59. The fraction of sp³-hybridized carbons (Fsp3) is 0.278. The molecule has 1 atom stereocenters. The van der Waals surface area contributed by atoms with Crippen molar-refractivity contribution < 1.29 is 24.1 Å². The Labute approximate surface area is 157 Å². The quantitative estimate of drug-likeness (QED) is 0.672. The molecule has 140 valence electrons. The molecule has 0 saturated heterocycles. The number of aliphatic hydroxyl groups excluding tert-OH is 1. The minimum Gasteiger partial charge on any atom is -0.491 e. The van der Waals surface area contributed by atoms with Gasteiger partial charge in [0.15, 0.2) is 11.5 Å². The normalized spacial score (nSPS) is 12.8. The average Bonchev–Trinajstić information content (AvgIpc) is 3.12. The van der Waals surface area contributed by atoms with E-state index in [2.05, 4.69) is 5.32 Å². The first-order chi connectivity index (χ1) is 12.2. The monoisotopic (exact) mass is 380 g/mol. The van der Waals surface area contributed by atoms with E-state index in [1.54, 1.807) is 42.5 Å². The van der Waals surface area contributed by atoms with Crippen LogP contribution in [0.2, 0.25) is 0 Å². The molecule has 4 N–H and O–H groups in total. The standard InChI is InChI=1S/C18H20N2O5.ClH/c19-8-12-1-3-13(4-2-12)18(22)20-9-14(21)10-23-15-5-6-16-17(7-15)25-11-24-16;/h1-7,14,21H,8-11,19H2,(H,20,22);1H. The average molecular weight is 381 g/mol. The fourth-order valence-corrected chi connectivity index (χ4v) is 2.32. The molecule has 1 aliphatic heterocycles. The Kier molecular flexibility index (Phi) is 7.08. The fourth-order valence-electron chi connectivity index (χ4n) is 2.32. The molecule has 3 rings (SSSR count). The van der Waals surface area contributed by atoms with Crippen LogP contribution in [0, 0.1) is 0 Å². The maximum Gasteiger partial charge on any atom is 0.251 e. The van der Waals surface area contributed by atoms with Gasteiger partial charge in [-0.1, -0.05) is 12.1 Å². The van der Waals surface area contributed by atoms with Crippen molar-refractivity contribution in [1.29, 1.82) is 0 Å². The number of carbonyl (C=O) groups is 1. The number of halogens is 1. The van der Waals surface area contributed by atoms with Gasteiger partial charge in [0.1, 0.15) is 18.5 Å². The number of rotatable bonds is 7. The Morgan fingerprint density at radius 3 is 2.65 bits per heavy atom. The molecule has 1 heterocycles. The van der Waals surface area contributed by atoms with E-state index in [1.807, 2.05) is 0 Å². The number of fused-ring (bicyclic) bond motifs is 1. The lowest BCUT2D eigenvalue weighted by atomic mass is 10.1. The topological polar surface area (TPSA) is 103 Å². The third kappa shape index (κ3) is 5.01. The maximum atomic E-state index is 12.0.